The molecule has 0 aliphatic heterocycles. The smallest absolute Gasteiger partial charge is 0.306 e. The third-order valence-corrected chi connectivity index (χ3v) is 10.3. The summed E-state index contributed by atoms with van der Waals surface area (Å²) in [5, 5.41) is 0. The molecule has 370 valence electrons. The number of quaternary nitrogens is 1. The van der Waals surface area contributed by atoms with E-state index in [1.54, 1.807) is 0 Å². The second-order valence-electron chi connectivity index (χ2n) is 16.7. The predicted molar refractivity (Wildman–Crippen MR) is 277 cm³/mol. The van der Waals surface area contributed by atoms with Gasteiger partial charge >= 0.3 is 11.9 Å². The second-order valence-corrected chi connectivity index (χ2v) is 18.1. The van der Waals surface area contributed by atoms with Gasteiger partial charge in [0.1, 0.15) is 19.8 Å². The Morgan fingerprint density at radius 2 is 0.803 bits per heavy atom. The van der Waals surface area contributed by atoms with E-state index < -0.39 is 32.5 Å². The number of phosphoric ester groups is 1. The highest BCUT2D eigenvalue weighted by molar-refractivity contribution is 7.45. The largest absolute Gasteiger partial charge is 0.756 e. The fourth-order valence-corrected chi connectivity index (χ4v) is 6.33. The number of allylic oxidation sites excluding steroid dienone is 24. The molecule has 0 heterocycles. The summed E-state index contributed by atoms with van der Waals surface area (Å²) in [5.41, 5.74) is 0. The molecule has 0 aromatic rings. The molecule has 0 radical (unpaired) electrons. The monoisotopic (exact) mass is 934 g/mol. The molecule has 9 nitrogen and oxygen atoms in total. The van der Waals surface area contributed by atoms with Crippen LogP contribution in [-0.2, 0) is 32.7 Å². The quantitative estimate of drug-likeness (QED) is 0.0196. The number of carbonyl (C=O) groups is 2. The fraction of sp³-hybridized carbons (Fsp3) is 0.536. The highest BCUT2D eigenvalue weighted by atomic mass is 31.2. The number of unbranched alkanes of at least 4 members (excludes halogenated alkanes) is 4. The molecule has 0 amide bonds. The van der Waals surface area contributed by atoms with Gasteiger partial charge < -0.3 is 27.9 Å². The normalized spacial score (nSPS) is 14.7. The van der Waals surface area contributed by atoms with Crippen molar-refractivity contribution in [3.05, 3.63) is 146 Å². The highest BCUT2D eigenvalue weighted by Gasteiger charge is 2.21. The van der Waals surface area contributed by atoms with Gasteiger partial charge in [0.05, 0.1) is 27.7 Å². The highest BCUT2D eigenvalue weighted by Crippen LogP contribution is 2.38. The van der Waals surface area contributed by atoms with Crippen LogP contribution in [-0.4, -0.2) is 70.0 Å². The van der Waals surface area contributed by atoms with Crippen molar-refractivity contribution in [3.8, 4) is 0 Å². The summed E-state index contributed by atoms with van der Waals surface area (Å²) in [7, 11) is 1.08. The van der Waals surface area contributed by atoms with Gasteiger partial charge in [-0.25, -0.2) is 0 Å². The van der Waals surface area contributed by atoms with Crippen LogP contribution in [0.3, 0.4) is 0 Å². The van der Waals surface area contributed by atoms with Crippen molar-refractivity contribution >= 4 is 19.8 Å². The lowest BCUT2D eigenvalue weighted by Gasteiger charge is -2.28. The Labute approximate surface area is 402 Å². The van der Waals surface area contributed by atoms with Crippen LogP contribution >= 0.6 is 7.82 Å². The second kappa shape index (κ2) is 46.0. The average molecular weight is 934 g/mol. The van der Waals surface area contributed by atoms with Crippen molar-refractivity contribution in [2.75, 3.05) is 47.5 Å². The molecular weight excluding hydrogens is 846 g/mol. The molecule has 66 heavy (non-hydrogen) atoms. The molecular formula is C56H88NO8P. The number of likely N-dealkylation sites (N-methyl/N-ethyl adjacent to an activating group) is 1. The maximum Gasteiger partial charge on any atom is 0.306 e. The Kier molecular flexibility index (Phi) is 43.2. The molecule has 0 aromatic heterocycles. The number of hydrogen-bond donors (Lipinski definition) is 0. The Balaban J connectivity index is 4.45. The van der Waals surface area contributed by atoms with E-state index in [9.17, 15) is 19.0 Å². The third kappa shape index (κ3) is 49.3. The lowest BCUT2D eigenvalue weighted by Crippen LogP contribution is -2.37. The molecule has 0 aliphatic rings. The van der Waals surface area contributed by atoms with Crippen LogP contribution in [0.4, 0.5) is 0 Å². The molecule has 0 bridgehead atoms. The van der Waals surface area contributed by atoms with Crippen LogP contribution in [0.2, 0.25) is 0 Å². The van der Waals surface area contributed by atoms with E-state index in [2.05, 4.69) is 160 Å². The lowest BCUT2D eigenvalue weighted by atomic mass is 10.1. The first kappa shape index (κ1) is 61.9. The summed E-state index contributed by atoms with van der Waals surface area (Å²) in [4.78, 5) is 37.6. The SMILES string of the molecule is CC/C=C\C/C=C\C/C=C\C/C=C\C/C=C\C/C=C\C/C=C\C/C=C\CCCCC(=O)OC(COC(=O)CCCC/C=C\C/C=C\C/C=C\C/C=C\CC)COP(=O)([O-])OCC[N+](C)(C)C. The van der Waals surface area contributed by atoms with Crippen molar-refractivity contribution in [1.29, 1.82) is 0 Å². The molecule has 0 rings (SSSR count). The van der Waals surface area contributed by atoms with Crippen molar-refractivity contribution in [3.63, 3.8) is 0 Å². The molecule has 0 spiro atoms. The number of rotatable bonds is 42. The van der Waals surface area contributed by atoms with Gasteiger partial charge in [-0.3, -0.25) is 14.2 Å². The van der Waals surface area contributed by atoms with Crippen LogP contribution in [0.5, 0.6) is 0 Å². The van der Waals surface area contributed by atoms with Crippen molar-refractivity contribution in [1.82, 2.24) is 0 Å². The molecule has 10 heteroatoms. The summed E-state index contributed by atoms with van der Waals surface area (Å²) in [6.07, 6.45) is 67.5. The summed E-state index contributed by atoms with van der Waals surface area (Å²) < 4.78 is 33.9. The van der Waals surface area contributed by atoms with Gasteiger partial charge in [-0.05, 0) is 116 Å². The standard InChI is InChI=1S/C56H88NO8P/c1-6-8-10-12-14-16-18-20-22-23-24-25-26-27-28-29-30-31-32-33-35-37-39-41-43-45-47-49-56(59)65-54(53-64-66(60,61)63-51-50-57(3,4)5)52-62-55(58)48-46-44-42-40-38-36-34-21-19-17-15-13-11-9-7-2/h8-11,14-17,20-22,24-25,27-28,30-31,33-35,38-41,54H,6-7,12-13,18-19,23,26,29,32,36-37,42-53H2,1-5H3/b10-8-,11-9-,16-14-,17-15-,22-20-,25-24-,28-27-,31-30-,34-21-,35-33-,40-38-,41-39-. The first-order valence-corrected chi connectivity index (χ1v) is 26.0. The van der Waals surface area contributed by atoms with Crippen molar-refractivity contribution in [2.24, 2.45) is 0 Å². The zero-order valence-corrected chi connectivity index (χ0v) is 42.5. The first-order valence-electron chi connectivity index (χ1n) is 24.5. The third-order valence-electron chi connectivity index (χ3n) is 9.35. The minimum Gasteiger partial charge on any atom is -0.756 e. The van der Waals surface area contributed by atoms with Crippen LogP contribution in [0, 0.1) is 0 Å². The van der Waals surface area contributed by atoms with Crippen LogP contribution in [0.25, 0.3) is 0 Å². The van der Waals surface area contributed by atoms with Crippen LogP contribution < -0.4 is 4.89 Å². The fourth-order valence-electron chi connectivity index (χ4n) is 5.60. The zero-order chi connectivity index (χ0) is 48.5. The maximum absolute atomic E-state index is 12.7. The van der Waals surface area contributed by atoms with E-state index in [1.807, 2.05) is 21.1 Å². The number of ether oxygens (including phenoxy) is 2. The number of phosphoric acid groups is 1. The molecule has 0 N–H and O–H groups in total. The molecule has 2 unspecified atom stereocenters. The van der Waals surface area contributed by atoms with E-state index in [4.69, 9.17) is 18.5 Å². The average Bonchev–Trinajstić information content (AvgIpc) is 3.27. The van der Waals surface area contributed by atoms with Gasteiger partial charge in [0.15, 0.2) is 6.10 Å². The molecule has 0 saturated heterocycles. The van der Waals surface area contributed by atoms with Crippen LogP contribution in [0.15, 0.2) is 146 Å². The number of nitrogens with zero attached hydrogens (tertiary/aromatic N) is 1. The van der Waals surface area contributed by atoms with E-state index in [-0.39, 0.29) is 26.1 Å². The van der Waals surface area contributed by atoms with Gasteiger partial charge in [-0.1, -0.05) is 160 Å². The van der Waals surface area contributed by atoms with E-state index in [0.29, 0.717) is 23.9 Å². The van der Waals surface area contributed by atoms with Gasteiger partial charge in [0.2, 0.25) is 0 Å². The minimum atomic E-state index is -4.66. The Morgan fingerprint density at radius 3 is 1.15 bits per heavy atom. The lowest BCUT2D eigenvalue weighted by molar-refractivity contribution is -0.870. The maximum atomic E-state index is 12.7. The molecule has 0 aliphatic carbocycles. The zero-order valence-electron chi connectivity index (χ0n) is 41.6. The summed E-state index contributed by atoms with van der Waals surface area (Å²) >= 11 is 0. The summed E-state index contributed by atoms with van der Waals surface area (Å²) in [6, 6.07) is 0. The Morgan fingerprint density at radius 1 is 0.470 bits per heavy atom. The van der Waals surface area contributed by atoms with Crippen LogP contribution in [0.1, 0.15) is 142 Å². The van der Waals surface area contributed by atoms with E-state index in [0.717, 1.165) is 103 Å². The minimum absolute atomic E-state index is 0.0559. The van der Waals surface area contributed by atoms with Gasteiger partial charge in [-0.2, -0.15) is 0 Å². The molecule has 2 atom stereocenters. The van der Waals surface area contributed by atoms with Crippen molar-refractivity contribution in [2.45, 2.75) is 148 Å². The molecule has 0 fully saturated rings. The molecule has 0 saturated carbocycles. The summed E-state index contributed by atoms with van der Waals surface area (Å²) in [5.74, 6) is -0.952. The topological polar surface area (TPSA) is 111 Å². The summed E-state index contributed by atoms with van der Waals surface area (Å²) in [6.45, 7) is 3.86. The predicted octanol–water partition coefficient (Wildman–Crippen LogP) is 14.2. The Hall–Kier alpha value is -4.11. The molecule has 0 aromatic carbocycles. The van der Waals surface area contributed by atoms with Gasteiger partial charge in [0, 0.05) is 12.8 Å². The van der Waals surface area contributed by atoms with E-state index in [1.165, 1.54) is 0 Å². The van der Waals surface area contributed by atoms with Gasteiger partial charge in [0.25, 0.3) is 7.82 Å². The van der Waals surface area contributed by atoms with E-state index >= 15 is 0 Å². The first-order chi connectivity index (χ1) is 32.0. The van der Waals surface area contributed by atoms with Gasteiger partial charge in [-0.15, -0.1) is 0 Å². The number of hydrogen-bond acceptors (Lipinski definition) is 8. The van der Waals surface area contributed by atoms with Crippen molar-refractivity contribution < 1.29 is 42.1 Å². The Bertz CT molecular complexity index is 1620. The number of carbonyl (C=O) groups excluding carboxylic acids is 2. The number of esters is 2.